The predicted octanol–water partition coefficient (Wildman–Crippen LogP) is 2.75. The molecule has 0 heterocycles. The van der Waals surface area contributed by atoms with Gasteiger partial charge in [0.15, 0.2) is 0 Å². The number of halogens is 2. The Bertz CT molecular complexity index is 293. The molecule has 0 aliphatic rings. The van der Waals surface area contributed by atoms with E-state index in [0.717, 1.165) is 10.0 Å². The fourth-order valence-corrected chi connectivity index (χ4v) is 1.70. The number of hydrogen-bond donors (Lipinski definition) is 1. The van der Waals surface area contributed by atoms with Crippen molar-refractivity contribution < 1.29 is 4.74 Å². The van der Waals surface area contributed by atoms with Crippen LogP contribution in [0.2, 0.25) is 5.02 Å². The van der Waals surface area contributed by atoms with Crippen molar-refractivity contribution in [1.29, 1.82) is 0 Å². The second kappa shape index (κ2) is 4.96. The second-order valence-corrected chi connectivity index (χ2v) is 4.05. The van der Waals surface area contributed by atoms with Gasteiger partial charge >= 0.3 is 0 Å². The molecule has 2 N–H and O–H groups in total. The summed E-state index contributed by atoms with van der Waals surface area (Å²) >= 11 is 9.33. The second-order valence-electron chi connectivity index (χ2n) is 2.73. The molecule has 1 aromatic rings. The molecule has 0 unspecified atom stereocenters. The largest absolute Gasteiger partial charge is 0.383 e. The number of methoxy groups -OCH3 is 1. The van der Waals surface area contributed by atoms with Gasteiger partial charge in [-0.15, -0.1) is 0 Å². The molecule has 0 aliphatic heterocycles. The fourth-order valence-electron chi connectivity index (χ4n) is 1.07. The van der Waals surface area contributed by atoms with E-state index >= 15 is 0 Å². The van der Waals surface area contributed by atoms with Gasteiger partial charge in [-0.05, 0) is 23.8 Å². The van der Waals surface area contributed by atoms with Crippen molar-refractivity contribution in [2.45, 2.75) is 6.04 Å². The molecule has 0 aliphatic carbocycles. The summed E-state index contributed by atoms with van der Waals surface area (Å²) in [7, 11) is 1.62. The topological polar surface area (TPSA) is 35.2 Å². The van der Waals surface area contributed by atoms with Crippen molar-refractivity contribution >= 4 is 27.5 Å². The average molecular weight is 265 g/mol. The van der Waals surface area contributed by atoms with Gasteiger partial charge in [-0.25, -0.2) is 0 Å². The lowest BCUT2D eigenvalue weighted by Gasteiger charge is -2.12. The van der Waals surface area contributed by atoms with Crippen molar-refractivity contribution in [3.05, 3.63) is 33.3 Å². The van der Waals surface area contributed by atoms with Gasteiger partial charge in [0.25, 0.3) is 0 Å². The quantitative estimate of drug-likeness (QED) is 0.911. The van der Waals surface area contributed by atoms with E-state index < -0.39 is 0 Å². The SMILES string of the molecule is COC[C@@H](N)c1cc(Br)ccc1Cl. The maximum absolute atomic E-state index is 5.97. The van der Waals surface area contributed by atoms with Crippen molar-refractivity contribution in [1.82, 2.24) is 0 Å². The Morgan fingerprint density at radius 3 is 2.92 bits per heavy atom. The van der Waals surface area contributed by atoms with Crippen molar-refractivity contribution in [3.63, 3.8) is 0 Å². The van der Waals surface area contributed by atoms with Crippen LogP contribution in [0.4, 0.5) is 0 Å². The van der Waals surface area contributed by atoms with Gasteiger partial charge in [0.05, 0.1) is 12.6 Å². The van der Waals surface area contributed by atoms with Gasteiger partial charge in [-0.1, -0.05) is 27.5 Å². The lowest BCUT2D eigenvalue weighted by molar-refractivity contribution is 0.181. The lowest BCUT2D eigenvalue weighted by atomic mass is 10.1. The number of rotatable bonds is 3. The third kappa shape index (κ3) is 2.95. The van der Waals surface area contributed by atoms with Gasteiger partial charge < -0.3 is 10.5 Å². The predicted molar refractivity (Wildman–Crippen MR) is 58.0 cm³/mol. The summed E-state index contributed by atoms with van der Waals surface area (Å²) in [6.45, 7) is 0.468. The average Bonchev–Trinajstić information content (AvgIpc) is 2.09. The Labute approximate surface area is 91.2 Å². The molecule has 0 radical (unpaired) electrons. The summed E-state index contributed by atoms with van der Waals surface area (Å²) in [6.07, 6.45) is 0. The highest BCUT2D eigenvalue weighted by Crippen LogP contribution is 2.25. The molecule has 1 rings (SSSR count). The summed E-state index contributed by atoms with van der Waals surface area (Å²) in [6, 6.07) is 5.43. The van der Waals surface area contributed by atoms with Crippen LogP contribution in [0, 0.1) is 0 Å². The summed E-state index contributed by atoms with van der Waals surface area (Å²) in [5, 5.41) is 0.674. The summed E-state index contributed by atoms with van der Waals surface area (Å²) in [5.74, 6) is 0. The van der Waals surface area contributed by atoms with Crippen molar-refractivity contribution in [2.24, 2.45) is 5.73 Å². The lowest BCUT2D eigenvalue weighted by Crippen LogP contribution is -2.16. The van der Waals surface area contributed by atoms with Crippen LogP contribution in [0.25, 0.3) is 0 Å². The van der Waals surface area contributed by atoms with Crippen LogP contribution in [0.15, 0.2) is 22.7 Å². The highest BCUT2D eigenvalue weighted by Gasteiger charge is 2.09. The van der Waals surface area contributed by atoms with Gasteiger partial charge in [0.1, 0.15) is 0 Å². The normalized spacial score (nSPS) is 12.9. The molecule has 4 heteroatoms. The van der Waals surface area contributed by atoms with E-state index in [9.17, 15) is 0 Å². The molecule has 1 atom stereocenters. The van der Waals surface area contributed by atoms with Gasteiger partial charge in [0.2, 0.25) is 0 Å². The molecule has 0 saturated heterocycles. The standard InChI is InChI=1S/C9H11BrClNO/c1-13-5-9(12)7-4-6(10)2-3-8(7)11/h2-4,9H,5,12H2,1H3/t9-/m1/s1. The molecule has 72 valence electrons. The van der Waals surface area contributed by atoms with Crippen LogP contribution in [0.5, 0.6) is 0 Å². The van der Waals surface area contributed by atoms with Gasteiger partial charge in [0, 0.05) is 16.6 Å². The Balaban J connectivity index is 2.91. The highest BCUT2D eigenvalue weighted by atomic mass is 79.9. The molecule has 0 bridgehead atoms. The molecule has 2 nitrogen and oxygen atoms in total. The molecular weight excluding hydrogens is 253 g/mol. The molecule has 0 spiro atoms. The molecule has 0 saturated carbocycles. The smallest absolute Gasteiger partial charge is 0.0656 e. The number of ether oxygens (including phenoxy) is 1. The van der Waals surface area contributed by atoms with E-state index in [4.69, 9.17) is 22.1 Å². The van der Waals surface area contributed by atoms with E-state index in [-0.39, 0.29) is 6.04 Å². The zero-order chi connectivity index (χ0) is 9.84. The van der Waals surface area contributed by atoms with Gasteiger partial charge in [-0.2, -0.15) is 0 Å². The Morgan fingerprint density at radius 2 is 2.31 bits per heavy atom. The Morgan fingerprint density at radius 1 is 1.62 bits per heavy atom. The van der Waals surface area contributed by atoms with Crippen LogP contribution < -0.4 is 5.73 Å². The van der Waals surface area contributed by atoms with Crippen LogP contribution in [-0.2, 0) is 4.74 Å². The minimum atomic E-state index is -0.171. The van der Waals surface area contributed by atoms with Crippen LogP contribution in [-0.4, -0.2) is 13.7 Å². The highest BCUT2D eigenvalue weighted by molar-refractivity contribution is 9.10. The zero-order valence-corrected chi connectivity index (χ0v) is 9.60. The third-order valence-electron chi connectivity index (χ3n) is 1.70. The number of benzene rings is 1. The van der Waals surface area contributed by atoms with E-state index in [1.807, 2.05) is 18.2 Å². The Hall–Kier alpha value is -0.0900. The molecular formula is C9H11BrClNO. The van der Waals surface area contributed by atoms with Crippen LogP contribution >= 0.6 is 27.5 Å². The fraction of sp³-hybridized carbons (Fsp3) is 0.333. The maximum Gasteiger partial charge on any atom is 0.0656 e. The minimum Gasteiger partial charge on any atom is -0.383 e. The number of hydrogen-bond acceptors (Lipinski definition) is 2. The van der Waals surface area contributed by atoms with Crippen LogP contribution in [0.1, 0.15) is 11.6 Å². The molecule has 0 amide bonds. The summed E-state index contributed by atoms with van der Waals surface area (Å²) in [4.78, 5) is 0. The van der Waals surface area contributed by atoms with E-state index in [0.29, 0.717) is 11.6 Å². The maximum atomic E-state index is 5.97. The van der Waals surface area contributed by atoms with Crippen LogP contribution in [0.3, 0.4) is 0 Å². The molecule has 0 aromatic heterocycles. The number of nitrogens with two attached hydrogens (primary N) is 1. The zero-order valence-electron chi connectivity index (χ0n) is 7.26. The van der Waals surface area contributed by atoms with E-state index in [1.165, 1.54) is 0 Å². The minimum absolute atomic E-state index is 0.171. The van der Waals surface area contributed by atoms with E-state index in [2.05, 4.69) is 15.9 Å². The molecule has 0 fully saturated rings. The summed E-state index contributed by atoms with van der Waals surface area (Å²) in [5.41, 5.74) is 6.75. The monoisotopic (exact) mass is 263 g/mol. The first-order valence-electron chi connectivity index (χ1n) is 3.84. The molecule has 1 aromatic carbocycles. The molecule has 13 heavy (non-hydrogen) atoms. The van der Waals surface area contributed by atoms with E-state index in [1.54, 1.807) is 7.11 Å². The Kier molecular flexibility index (Phi) is 4.19. The van der Waals surface area contributed by atoms with Gasteiger partial charge in [-0.3, -0.25) is 0 Å². The third-order valence-corrected chi connectivity index (χ3v) is 2.54. The van der Waals surface area contributed by atoms with Crippen molar-refractivity contribution in [3.8, 4) is 0 Å². The first-order valence-corrected chi connectivity index (χ1v) is 5.01. The van der Waals surface area contributed by atoms with Crippen molar-refractivity contribution in [2.75, 3.05) is 13.7 Å². The first kappa shape index (κ1) is 11.0. The summed E-state index contributed by atoms with van der Waals surface area (Å²) < 4.78 is 5.92. The first-order chi connectivity index (χ1) is 6.15.